The van der Waals surface area contributed by atoms with Crippen LogP contribution in [-0.4, -0.2) is 46.1 Å². The molecule has 3 nitrogen and oxygen atoms in total. The summed E-state index contributed by atoms with van der Waals surface area (Å²) in [6.07, 6.45) is 0. The molecular formula is C10H21NO2S. The number of carbonyl (C=O) groups is 1. The lowest BCUT2D eigenvalue weighted by Gasteiger charge is -2.26. The van der Waals surface area contributed by atoms with Gasteiger partial charge in [-0.2, -0.15) is 0 Å². The third-order valence-electron chi connectivity index (χ3n) is 1.82. The number of aliphatic hydroxyl groups excluding tert-OH is 1. The van der Waals surface area contributed by atoms with Crippen molar-refractivity contribution in [2.45, 2.75) is 39.0 Å². The number of hydrogen-bond acceptors (Lipinski definition) is 3. The quantitative estimate of drug-likeness (QED) is 0.733. The Morgan fingerprint density at radius 3 is 2.29 bits per heavy atom. The maximum Gasteiger partial charge on any atom is 0.232 e. The van der Waals surface area contributed by atoms with E-state index in [2.05, 4.69) is 13.8 Å². The third-order valence-corrected chi connectivity index (χ3v) is 2.91. The highest BCUT2D eigenvalue weighted by Crippen LogP contribution is 2.11. The summed E-state index contributed by atoms with van der Waals surface area (Å²) in [6, 6.07) is 0.169. The fourth-order valence-corrected chi connectivity index (χ4v) is 1.74. The first-order valence-corrected chi connectivity index (χ1v) is 6.05. The topological polar surface area (TPSA) is 40.5 Å². The number of carbonyl (C=O) groups excluding carboxylic acids is 1. The van der Waals surface area contributed by atoms with Crippen molar-refractivity contribution in [1.82, 2.24) is 4.90 Å². The zero-order valence-corrected chi connectivity index (χ0v) is 10.3. The number of hydrogen-bond donors (Lipinski definition) is 1. The average Bonchev–Trinajstić information content (AvgIpc) is 2.09. The number of thioether (sulfide) groups is 1. The second-order valence-electron chi connectivity index (χ2n) is 3.76. The lowest BCUT2D eigenvalue weighted by Crippen LogP contribution is -2.40. The predicted molar refractivity (Wildman–Crippen MR) is 61.5 cm³/mol. The van der Waals surface area contributed by atoms with Gasteiger partial charge in [-0.15, -0.1) is 11.8 Å². The molecule has 84 valence electrons. The van der Waals surface area contributed by atoms with Crippen LogP contribution in [0.3, 0.4) is 0 Å². The van der Waals surface area contributed by atoms with Crippen molar-refractivity contribution in [3.8, 4) is 0 Å². The van der Waals surface area contributed by atoms with E-state index < -0.39 is 0 Å². The van der Waals surface area contributed by atoms with Gasteiger partial charge in [0, 0.05) is 12.6 Å². The molecule has 0 atom stereocenters. The van der Waals surface area contributed by atoms with E-state index in [0.29, 0.717) is 17.5 Å². The van der Waals surface area contributed by atoms with Crippen LogP contribution in [-0.2, 0) is 4.79 Å². The van der Waals surface area contributed by atoms with Gasteiger partial charge in [-0.25, -0.2) is 0 Å². The van der Waals surface area contributed by atoms with E-state index in [1.807, 2.05) is 13.8 Å². The van der Waals surface area contributed by atoms with E-state index in [1.165, 1.54) is 0 Å². The maximum absolute atomic E-state index is 11.7. The molecule has 0 rings (SSSR count). The van der Waals surface area contributed by atoms with Gasteiger partial charge in [-0.05, 0) is 19.1 Å². The molecule has 0 saturated carbocycles. The van der Waals surface area contributed by atoms with Gasteiger partial charge in [0.2, 0.25) is 5.91 Å². The number of aliphatic hydroxyl groups is 1. The van der Waals surface area contributed by atoms with E-state index in [1.54, 1.807) is 16.7 Å². The van der Waals surface area contributed by atoms with Gasteiger partial charge < -0.3 is 10.0 Å². The molecular weight excluding hydrogens is 198 g/mol. The Kier molecular flexibility index (Phi) is 7.01. The Hall–Kier alpha value is -0.220. The fraction of sp³-hybridized carbons (Fsp3) is 0.900. The fourth-order valence-electron chi connectivity index (χ4n) is 1.10. The van der Waals surface area contributed by atoms with Gasteiger partial charge in [0.05, 0.1) is 12.4 Å². The molecule has 0 aromatic rings. The van der Waals surface area contributed by atoms with Crippen molar-refractivity contribution in [3.05, 3.63) is 0 Å². The van der Waals surface area contributed by atoms with Gasteiger partial charge in [0.15, 0.2) is 0 Å². The number of amides is 1. The molecule has 1 N–H and O–H groups in total. The summed E-state index contributed by atoms with van der Waals surface area (Å²) in [6.45, 7) is 8.56. The Bertz CT molecular complexity index is 172. The molecule has 1 amide bonds. The molecule has 0 aliphatic heterocycles. The van der Waals surface area contributed by atoms with Crippen molar-refractivity contribution >= 4 is 17.7 Å². The van der Waals surface area contributed by atoms with Crippen LogP contribution in [0.25, 0.3) is 0 Å². The van der Waals surface area contributed by atoms with Gasteiger partial charge >= 0.3 is 0 Å². The lowest BCUT2D eigenvalue weighted by molar-refractivity contribution is -0.130. The minimum absolute atomic E-state index is 0.0380. The van der Waals surface area contributed by atoms with Crippen molar-refractivity contribution in [2.24, 2.45) is 0 Å². The SMILES string of the molecule is CC(C)SCC(=O)N(CCO)C(C)C. The molecule has 0 aromatic heterocycles. The van der Waals surface area contributed by atoms with Crippen molar-refractivity contribution in [2.75, 3.05) is 18.9 Å². The highest BCUT2D eigenvalue weighted by atomic mass is 32.2. The van der Waals surface area contributed by atoms with Crippen LogP contribution in [0.4, 0.5) is 0 Å². The third kappa shape index (κ3) is 5.50. The molecule has 0 heterocycles. The zero-order chi connectivity index (χ0) is 11.1. The highest BCUT2D eigenvalue weighted by Gasteiger charge is 2.16. The zero-order valence-electron chi connectivity index (χ0n) is 9.49. The van der Waals surface area contributed by atoms with Gasteiger partial charge in [-0.1, -0.05) is 13.8 Å². The van der Waals surface area contributed by atoms with E-state index in [0.717, 1.165) is 0 Å². The molecule has 0 aliphatic carbocycles. The lowest BCUT2D eigenvalue weighted by atomic mass is 10.3. The first-order valence-electron chi connectivity index (χ1n) is 5.01. The van der Waals surface area contributed by atoms with Crippen molar-refractivity contribution in [1.29, 1.82) is 0 Å². The predicted octanol–water partition coefficient (Wildman–Crippen LogP) is 1.36. The second kappa shape index (κ2) is 7.12. The molecule has 0 radical (unpaired) electrons. The van der Waals surface area contributed by atoms with E-state index in [4.69, 9.17) is 5.11 Å². The Labute approximate surface area is 90.9 Å². The van der Waals surface area contributed by atoms with Crippen LogP contribution in [0.1, 0.15) is 27.7 Å². The van der Waals surface area contributed by atoms with Crippen LogP contribution in [0, 0.1) is 0 Å². The van der Waals surface area contributed by atoms with Crippen LogP contribution in [0.5, 0.6) is 0 Å². The van der Waals surface area contributed by atoms with E-state index >= 15 is 0 Å². The molecule has 4 heteroatoms. The molecule has 0 spiro atoms. The normalized spacial score (nSPS) is 11.1. The van der Waals surface area contributed by atoms with Crippen LogP contribution in [0.2, 0.25) is 0 Å². The Balaban J connectivity index is 4.02. The second-order valence-corrected chi connectivity index (χ2v) is 5.33. The summed E-state index contributed by atoms with van der Waals surface area (Å²) in [4.78, 5) is 13.4. The van der Waals surface area contributed by atoms with Crippen LogP contribution < -0.4 is 0 Å². The van der Waals surface area contributed by atoms with Crippen LogP contribution in [0.15, 0.2) is 0 Å². The van der Waals surface area contributed by atoms with Gasteiger partial charge in [-0.3, -0.25) is 4.79 Å². The summed E-state index contributed by atoms with van der Waals surface area (Å²) in [7, 11) is 0. The van der Waals surface area contributed by atoms with Crippen LogP contribution >= 0.6 is 11.8 Å². The summed E-state index contributed by atoms with van der Waals surface area (Å²) in [5.41, 5.74) is 0. The van der Waals surface area contributed by atoms with Gasteiger partial charge in [0.1, 0.15) is 0 Å². The molecule has 14 heavy (non-hydrogen) atoms. The maximum atomic E-state index is 11.7. The van der Waals surface area contributed by atoms with Gasteiger partial charge in [0.25, 0.3) is 0 Å². The minimum Gasteiger partial charge on any atom is -0.395 e. The highest BCUT2D eigenvalue weighted by molar-refractivity contribution is 8.00. The summed E-state index contributed by atoms with van der Waals surface area (Å²) >= 11 is 1.64. The average molecular weight is 219 g/mol. The molecule has 0 unspecified atom stereocenters. The first-order chi connectivity index (χ1) is 6.49. The Morgan fingerprint density at radius 2 is 1.93 bits per heavy atom. The van der Waals surface area contributed by atoms with Crippen molar-refractivity contribution in [3.63, 3.8) is 0 Å². The smallest absolute Gasteiger partial charge is 0.232 e. The molecule has 0 aromatic carbocycles. The number of nitrogens with zero attached hydrogens (tertiary/aromatic N) is 1. The molecule has 0 saturated heterocycles. The Morgan fingerprint density at radius 1 is 1.36 bits per heavy atom. The summed E-state index contributed by atoms with van der Waals surface area (Å²) in [5, 5.41) is 9.29. The summed E-state index contributed by atoms with van der Waals surface area (Å²) in [5.74, 6) is 0.628. The van der Waals surface area contributed by atoms with E-state index in [-0.39, 0.29) is 18.6 Å². The summed E-state index contributed by atoms with van der Waals surface area (Å²) < 4.78 is 0. The monoisotopic (exact) mass is 219 g/mol. The van der Waals surface area contributed by atoms with E-state index in [9.17, 15) is 4.79 Å². The van der Waals surface area contributed by atoms with Crippen molar-refractivity contribution < 1.29 is 9.90 Å². The first kappa shape index (κ1) is 13.8. The molecule has 0 bridgehead atoms. The number of rotatable bonds is 6. The minimum atomic E-state index is 0.0380. The standard InChI is InChI=1S/C10H21NO2S/c1-8(2)11(5-6-12)10(13)7-14-9(3)4/h8-9,12H,5-7H2,1-4H3. The molecule has 0 aliphatic rings. The largest absolute Gasteiger partial charge is 0.395 e. The molecule has 0 fully saturated rings.